The molecule has 1 N–H and O–H groups in total. The van der Waals surface area contributed by atoms with Crippen LogP contribution < -0.4 is 0 Å². The monoisotopic (exact) mass is 228 g/mol. The predicted octanol–water partition coefficient (Wildman–Crippen LogP) is 4.12. The van der Waals surface area contributed by atoms with Crippen molar-refractivity contribution in [1.29, 1.82) is 0 Å². The normalized spacial score (nSPS) is 12.1. The molecule has 0 amide bonds. The van der Waals surface area contributed by atoms with Gasteiger partial charge in [-0.3, -0.25) is 0 Å². The van der Waals surface area contributed by atoms with E-state index in [1.165, 1.54) is 26.9 Å². The van der Waals surface area contributed by atoms with Gasteiger partial charge in [-0.25, -0.2) is 4.98 Å². The lowest BCUT2D eigenvalue weighted by molar-refractivity contribution is 1.37. The maximum atomic E-state index is 4.33. The van der Waals surface area contributed by atoms with E-state index in [-0.39, 0.29) is 0 Å². The average Bonchev–Trinajstić information content (AvgIpc) is 2.83. The first kappa shape index (κ1) is 9.60. The number of rotatable bonds is 1. The number of H-pyrrole nitrogens is 1. The topological polar surface area (TPSA) is 28.7 Å². The third-order valence-electron chi connectivity index (χ3n) is 2.88. The highest BCUT2D eigenvalue weighted by molar-refractivity contribution is 7.16. The number of aromatic nitrogens is 2. The second-order valence-corrected chi connectivity index (χ2v) is 4.77. The summed E-state index contributed by atoms with van der Waals surface area (Å²) in [5, 5.41) is 1.30. The van der Waals surface area contributed by atoms with Gasteiger partial charge in [-0.15, -0.1) is 11.3 Å². The van der Waals surface area contributed by atoms with E-state index in [2.05, 4.69) is 41.2 Å². The standard InChI is InChI=1S/C13H12N2S/c1-3-4-10-8(2)9-5-13-12(14-7-16-13)6-11(9)15-10/h3-7,15H,1-2H3/b4-3-. The summed E-state index contributed by atoms with van der Waals surface area (Å²) in [7, 11) is 0. The van der Waals surface area contributed by atoms with Crippen molar-refractivity contribution < 1.29 is 0 Å². The molecule has 0 bridgehead atoms. The summed E-state index contributed by atoms with van der Waals surface area (Å²) >= 11 is 1.69. The van der Waals surface area contributed by atoms with Crippen LogP contribution in [-0.4, -0.2) is 9.97 Å². The van der Waals surface area contributed by atoms with Gasteiger partial charge in [0.1, 0.15) is 0 Å². The van der Waals surface area contributed by atoms with E-state index < -0.39 is 0 Å². The van der Waals surface area contributed by atoms with Crippen LogP contribution >= 0.6 is 11.3 Å². The van der Waals surface area contributed by atoms with Crippen LogP contribution in [0.5, 0.6) is 0 Å². The fourth-order valence-electron chi connectivity index (χ4n) is 2.03. The number of allylic oxidation sites excluding steroid dienone is 1. The molecule has 80 valence electrons. The molecule has 2 nitrogen and oxygen atoms in total. The highest BCUT2D eigenvalue weighted by Gasteiger charge is 2.07. The van der Waals surface area contributed by atoms with Crippen molar-refractivity contribution in [3.63, 3.8) is 0 Å². The molecule has 3 aromatic rings. The molecule has 16 heavy (non-hydrogen) atoms. The molecular weight excluding hydrogens is 216 g/mol. The number of hydrogen-bond donors (Lipinski definition) is 1. The van der Waals surface area contributed by atoms with Gasteiger partial charge in [0, 0.05) is 16.6 Å². The fraction of sp³-hybridized carbons (Fsp3) is 0.154. The number of aryl methyl sites for hydroxylation is 1. The van der Waals surface area contributed by atoms with Gasteiger partial charge in [-0.05, 0) is 37.6 Å². The van der Waals surface area contributed by atoms with E-state index in [0.29, 0.717) is 0 Å². The quantitative estimate of drug-likeness (QED) is 0.667. The number of fused-ring (bicyclic) bond motifs is 2. The molecule has 0 radical (unpaired) electrons. The third kappa shape index (κ3) is 1.28. The van der Waals surface area contributed by atoms with Crippen LogP contribution in [0.1, 0.15) is 18.2 Å². The maximum Gasteiger partial charge on any atom is 0.0833 e. The SMILES string of the molecule is C/C=C\c1[nH]c2cc3ncsc3cc2c1C. The maximum absolute atomic E-state index is 4.33. The van der Waals surface area contributed by atoms with E-state index in [4.69, 9.17) is 0 Å². The fourth-order valence-corrected chi connectivity index (χ4v) is 2.73. The van der Waals surface area contributed by atoms with E-state index in [0.717, 1.165) is 5.52 Å². The zero-order valence-electron chi connectivity index (χ0n) is 9.24. The minimum Gasteiger partial charge on any atom is -0.355 e. The number of nitrogens with one attached hydrogen (secondary N) is 1. The van der Waals surface area contributed by atoms with Crippen LogP contribution in [0, 0.1) is 6.92 Å². The van der Waals surface area contributed by atoms with E-state index >= 15 is 0 Å². The summed E-state index contributed by atoms with van der Waals surface area (Å²) < 4.78 is 1.25. The molecule has 0 aliphatic rings. The van der Waals surface area contributed by atoms with Crippen molar-refractivity contribution in [3.05, 3.63) is 35.0 Å². The summed E-state index contributed by atoms with van der Waals surface area (Å²) in [4.78, 5) is 7.76. The Bertz CT molecular complexity index is 688. The second kappa shape index (κ2) is 3.46. The predicted molar refractivity (Wildman–Crippen MR) is 70.9 cm³/mol. The molecule has 2 aromatic heterocycles. The lowest BCUT2D eigenvalue weighted by atomic mass is 10.1. The Balaban J connectivity index is 2.40. The molecule has 0 aliphatic heterocycles. The van der Waals surface area contributed by atoms with E-state index in [9.17, 15) is 0 Å². The molecule has 1 aromatic carbocycles. The molecular formula is C13H12N2S. The van der Waals surface area contributed by atoms with Crippen LogP contribution in [0.3, 0.4) is 0 Å². The molecule has 0 saturated heterocycles. The highest BCUT2D eigenvalue weighted by atomic mass is 32.1. The zero-order valence-corrected chi connectivity index (χ0v) is 10.1. The molecule has 0 spiro atoms. The molecule has 3 heteroatoms. The Morgan fingerprint density at radius 2 is 2.25 bits per heavy atom. The molecule has 2 heterocycles. The summed E-state index contributed by atoms with van der Waals surface area (Å²) in [6, 6.07) is 4.35. The van der Waals surface area contributed by atoms with Crippen LogP contribution in [0.15, 0.2) is 23.7 Å². The lowest BCUT2D eigenvalue weighted by Gasteiger charge is -1.91. The van der Waals surface area contributed by atoms with Gasteiger partial charge in [-0.2, -0.15) is 0 Å². The van der Waals surface area contributed by atoms with Crippen molar-refractivity contribution >= 4 is 38.5 Å². The summed E-state index contributed by atoms with van der Waals surface area (Å²) in [5.74, 6) is 0. The Hall–Kier alpha value is -1.61. The lowest BCUT2D eigenvalue weighted by Crippen LogP contribution is -1.72. The summed E-state index contributed by atoms with van der Waals surface area (Å²) in [6.45, 7) is 4.19. The minimum atomic E-state index is 1.07. The van der Waals surface area contributed by atoms with Gasteiger partial charge in [-0.1, -0.05) is 6.08 Å². The molecule has 0 saturated carbocycles. The number of benzene rings is 1. The van der Waals surface area contributed by atoms with Crippen LogP contribution in [0.4, 0.5) is 0 Å². The Labute approximate surface area is 97.6 Å². The molecule has 0 unspecified atom stereocenters. The van der Waals surface area contributed by atoms with Gasteiger partial charge in [0.25, 0.3) is 0 Å². The van der Waals surface area contributed by atoms with Crippen molar-refractivity contribution in [2.75, 3.05) is 0 Å². The Morgan fingerprint density at radius 1 is 1.38 bits per heavy atom. The molecule has 0 fully saturated rings. The second-order valence-electron chi connectivity index (χ2n) is 3.88. The van der Waals surface area contributed by atoms with Crippen molar-refractivity contribution in [1.82, 2.24) is 9.97 Å². The number of aromatic amines is 1. The van der Waals surface area contributed by atoms with Crippen molar-refractivity contribution in [3.8, 4) is 0 Å². The van der Waals surface area contributed by atoms with E-state index in [1.807, 2.05) is 12.4 Å². The number of hydrogen-bond acceptors (Lipinski definition) is 2. The van der Waals surface area contributed by atoms with Crippen molar-refractivity contribution in [2.45, 2.75) is 13.8 Å². The first-order chi connectivity index (χ1) is 7.79. The van der Waals surface area contributed by atoms with Gasteiger partial charge < -0.3 is 4.98 Å². The smallest absolute Gasteiger partial charge is 0.0833 e. The Morgan fingerprint density at radius 3 is 3.06 bits per heavy atom. The van der Waals surface area contributed by atoms with Gasteiger partial charge in [0.05, 0.1) is 15.7 Å². The largest absolute Gasteiger partial charge is 0.355 e. The van der Waals surface area contributed by atoms with Gasteiger partial charge >= 0.3 is 0 Å². The summed E-state index contributed by atoms with van der Waals surface area (Å²) in [6.07, 6.45) is 4.16. The van der Waals surface area contributed by atoms with Crippen LogP contribution in [0.2, 0.25) is 0 Å². The van der Waals surface area contributed by atoms with E-state index in [1.54, 1.807) is 11.3 Å². The highest BCUT2D eigenvalue weighted by Crippen LogP contribution is 2.28. The molecule has 0 aliphatic carbocycles. The number of nitrogens with zero attached hydrogens (tertiary/aromatic N) is 1. The molecule has 3 rings (SSSR count). The molecule has 0 atom stereocenters. The number of thiazole rings is 1. The summed E-state index contributed by atoms with van der Waals surface area (Å²) in [5.41, 5.74) is 6.64. The first-order valence-corrected chi connectivity index (χ1v) is 6.16. The minimum absolute atomic E-state index is 1.07. The Kier molecular flexibility index (Phi) is 2.07. The van der Waals surface area contributed by atoms with Crippen molar-refractivity contribution in [2.24, 2.45) is 0 Å². The third-order valence-corrected chi connectivity index (χ3v) is 3.67. The average molecular weight is 228 g/mol. The first-order valence-electron chi connectivity index (χ1n) is 5.28. The van der Waals surface area contributed by atoms with Crippen LogP contribution in [0.25, 0.3) is 27.2 Å². The zero-order chi connectivity index (χ0) is 11.1. The van der Waals surface area contributed by atoms with Gasteiger partial charge in [0.15, 0.2) is 0 Å². The van der Waals surface area contributed by atoms with Crippen LogP contribution in [-0.2, 0) is 0 Å². The van der Waals surface area contributed by atoms with Gasteiger partial charge in [0.2, 0.25) is 0 Å².